The summed E-state index contributed by atoms with van der Waals surface area (Å²) in [5.41, 5.74) is 0.523. The minimum absolute atomic E-state index is 0.0667. The molecule has 0 spiro atoms. The second-order valence-corrected chi connectivity index (χ2v) is 17.5. The molecule has 0 aromatic heterocycles. The summed E-state index contributed by atoms with van der Waals surface area (Å²) < 4.78 is 37.2. The summed E-state index contributed by atoms with van der Waals surface area (Å²) in [6, 6.07) is 11.0. The van der Waals surface area contributed by atoms with Crippen molar-refractivity contribution in [3.8, 4) is 0 Å². The zero-order chi connectivity index (χ0) is 33.2. The Bertz CT molecular complexity index is 1560. The number of benzene rings is 2. The normalized spacial score (nSPS) is 38.0. The van der Waals surface area contributed by atoms with Crippen LogP contribution in [0.3, 0.4) is 0 Å². The fraction of sp³-hybridized carbons (Fsp3) is 0.703. The van der Waals surface area contributed by atoms with Gasteiger partial charge in [-0.3, -0.25) is 4.79 Å². The van der Waals surface area contributed by atoms with Crippen LogP contribution in [-0.2, 0) is 19.6 Å². The Hall–Kier alpha value is -2.20. The van der Waals surface area contributed by atoms with Crippen molar-refractivity contribution >= 4 is 32.5 Å². The highest BCUT2D eigenvalue weighted by molar-refractivity contribution is 7.89. The van der Waals surface area contributed by atoms with E-state index in [1.54, 1.807) is 6.07 Å². The predicted octanol–water partition coefficient (Wildman–Crippen LogP) is 5.74. The van der Waals surface area contributed by atoms with Crippen LogP contribution >= 0.6 is 0 Å². The second kappa shape index (κ2) is 12.4. The van der Waals surface area contributed by atoms with Gasteiger partial charge in [-0.25, -0.2) is 13.1 Å². The molecule has 11 atom stereocenters. The maximum Gasteiger partial charge on any atom is 0.305 e. The molecule has 0 unspecified atom stereocenters. The highest BCUT2D eigenvalue weighted by atomic mass is 32.2. The van der Waals surface area contributed by atoms with Crippen molar-refractivity contribution in [3.05, 3.63) is 36.4 Å². The number of nitrogens with zero attached hydrogens (tertiary/aromatic N) is 1. The number of aliphatic hydroxyl groups is 2. The van der Waals surface area contributed by atoms with Crippen molar-refractivity contribution < 1.29 is 28.2 Å². The van der Waals surface area contributed by atoms with Crippen molar-refractivity contribution in [2.75, 3.05) is 26.1 Å². The first-order valence-electron chi connectivity index (χ1n) is 17.4. The van der Waals surface area contributed by atoms with E-state index in [-0.39, 0.29) is 64.5 Å². The van der Waals surface area contributed by atoms with E-state index in [0.29, 0.717) is 42.4 Å². The first kappa shape index (κ1) is 33.7. The van der Waals surface area contributed by atoms with E-state index in [2.05, 4.69) is 25.5 Å². The summed E-state index contributed by atoms with van der Waals surface area (Å²) >= 11 is 0. The number of hydrogen-bond donors (Lipinski definition) is 3. The molecule has 4 fully saturated rings. The fourth-order valence-electron chi connectivity index (χ4n) is 11.1. The number of methoxy groups -OCH3 is 1. The van der Waals surface area contributed by atoms with Crippen LogP contribution in [0.2, 0.25) is 0 Å². The number of aliphatic hydroxyl groups excluding tert-OH is 2. The Morgan fingerprint density at radius 3 is 2.46 bits per heavy atom. The Labute approximate surface area is 275 Å². The van der Waals surface area contributed by atoms with Gasteiger partial charge in [0.05, 0.1) is 24.2 Å². The van der Waals surface area contributed by atoms with Gasteiger partial charge in [-0.05, 0) is 110 Å². The highest BCUT2D eigenvalue weighted by Crippen LogP contribution is 2.68. The van der Waals surface area contributed by atoms with Gasteiger partial charge in [-0.2, -0.15) is 0 Å². The molecule has 0 amide bonds. The maximum absolute atomic E-state index is 14.5. The third-order valence-electron chi connectivity index (χ3n) is 13.5. The van der Waals surface area contributed by atoms with Crippen molar-refractivity contribution in [1.29, 1.82) is 0 Å². The van der Waals surface area contributed by atoms with Crippen LogP contribution in [0.15, 0.2) is 41.3 Å². The third-order valence-corrected chi connectivity index (χ3v) is 15.1. The lowest BCUT2D eigenvalue weighted by molar-refractivity contribution is -0.182. The van der Waals surface area contributed by atoms with E-state index < -0.39 is 16.1 Å². The molecule has 2 aromatic carbocycles. The van der Waals surface area contributed by atoms with Gasteiger partial charge in [-0.1, -0.05) is 45.0 Å². The molecule has 9 heteroatoms. The summed E-state index contributed by atoms with van der Waals surface area (Å²) in [4.78, 5) is 14.3. The monoisotopic (exact) mass is 654 g/mol. The number of nitrogens with one attached hydrogen (secondary N) is 1. The molecule has 0 radical (unpaired) electrons. The van der Waals surface area contributed by atoms with Crippen molar-refractivity contribution in [2.45, 2.75) is 102 Å². The number of sulfonamides is 1. The standard InChI is InChI=1S/C37H54N2O6S/c1-22(13-16-34(42)45-6)27-14-15-28-35-29(21-33(41)37(27,28)3)36(2)18-17-24(40)19-23(36)20-30(35)38-46(43,44)32-12-8-9-25-26(32)10-7-11-31(25)39(4)5/h7-12,22-24,27-30,33,35,38,40-41H,13-21H2,1-6H3/t22-,23+,24-,27-,28+,29+,30+,33+,35+,36+,37-/m1/s1. The Kier molecular flexibility index (Phi) is 9.05. The molecular formula is C37H54N2O6S. The third kappa shape index (κ3) is 5.47. The van der Waals surface area contributed by atoms with Gasteiger partial charge in [0.2, 0.25) is 10.0 Å². The largest absolute Gasteiger partial charge is 0.469 e. The molecule has 8 nitrogen and oxygen atoms in total. The molecule has 0 bridgehead atoms. The first-order chi connectivity index (χ1) is 21.7. The SMILES string of the molecule is COC(=O)CC[C@@H](C)[C@H]1CC[C@H]2[C@@H]3[C@@H](NS(=O)(=O)c4cccc5c(N(C)C)cccc45)C[C@@H]4C[C@H](O)CC[C@]4(C)[C@H]3C[C@H](O)[C@]12C. The van der Waals surface area contributed by atoms with Crippen LogP contribution in [0, 0.1) is 46.3 Å². The van der Waals surface area contributed by atoms with Gasteiger partial charge in [0.1, 0.15) is 0 Å². The van der Waals surface area contributed by atoms with E-state index >= 15 is 0 Å². The van der Waals surface area contributed by atoms with Gasteiger partial charge in [-0.15, -0.1) is 0 Å². The summed E-state index contributed by atoms with van der Waals surface area (Å²) in [6.07, 6.45) is 5.73. The lowest BCUT2D eigenvalue weighted by Gasteiger charge is -2.64. The molecule has 254 valence electrons. The van der Waals surface area contributed by atoms with Crippen LogP contribution in [0.4, 0.5) is 5.69 Å². The Morgan fingerprint density at radius 1 is 1.02 bits per heavy atom. The minimum atomic E-state index is -3.91. The zero-order valence-electron chi connectivity index (χ0n) is 28.4. The number of fused-ring (bicyclic) bond motifs is 6. The van der Waals surface area contributed by atoms with Crippen LogP contribution in [0.25, 0.3) is 10.8 Å². The quantitative estimate of drug-likeness (QED) is 0.311. The molecule has 0 heterocycles. The molecule has 0 aliphatic heterocycles. The molecule has 3 N–H and O–H groups in total. The van der Waals surface area contributed by atoms with E-state index in [1.165, 1.54) is 7.11 Å². The van der Waals surface area contributed by atoms with E-state index in [9.17, 15) is 23.4 Å². The predicted molar refractivity (Wildman–Crippen MR) is 181 cm³/mol. The molecular weight excluding hydrogens is 600 g/mol. The maximum atomic E-state index is 14.5. The summed E-state index contributed by atoms with van der Waals surface area (Å²) in [5.74, 6) is 0.802. The Balaban J connectivity index is 1.38. The van der Waals surface area contributed by atoms with E-state index in [1.807, 2.05) is 49.3 Å². The number of hydrogen-bond acceptors (Lipinski definition) is 7. The summed E-state index contributed by atoms with van der Waals surface area (Å²) in [6.45, 7) is 6.78. The number of esters is 1. The highest BCUT2D eigenvalue weighted by Gasteiger charge is 2.66. The van der Waals surface area contributed by atoms with Gasteiger partial charge >= 0.3 is 5.97 Å². The number of anilines is 1. The molecule has 4 saturated carbocycles. The summed E-state index contributed by atoms with van der Waals surface area (Å²) in [5, 5.41) is 24.4. The van der Waals surface area contributed by atoms with E-state index in [4.69, 9.17) is 4.74 Å². The van der Waals surface area contributed by atoms with Crippen LogP contribution < -0.4 is 9.62 Å². The fourth-order valence-corrected chi connectivity index (χ4v) is 12.6. The average molecular weight is 655 g/mol. The van der Waals surface area contributed by atoms with Gasteiger partial charge in [0.25, 0.3) is 0 Å². The van der Waals surface area contributed by atoms with Crippen LogP contribution in [0.5, 0.6) is 0 Å². The first-order valence-corrected chi connectivity index (χ1v) is 18.8. The Morgan fingerprint density at radius 2 is 1.74 bits per heavy atom. The molecule has 46 heavy (non-hydrogen) atoms. The summed E-state index contributed by atoms with van der Waals surface area (Å²) in [7, 11) is 1.44. The molecule has 0 saturated heterocycles. The topological polar surface area (TPSA) is 116 Å². The smallest absolute Gasteiger partial charge is 0.305 e. The second-order valence-electron chi connectivity index (χ2n) is 15.8. The average Bonchev–Trinajstić information content (AvgIpc) is 3.38. The van der Waals surface area contributed by atoms with Gasteiger partial charge in [0.15, 0.2) is 0 Å². The zero-order valence-corrected chi connectivity index (χ0v) is 29.2. The van der Waals surface area contributed by atoms with Crippen LogP contribution in [0.1, 0.15) is 78.6 Å². The minimum Gasteiger partial charge on any atom is -0.469 e. The molecule has 4 aliphatic rings. The number of ether oxygens (including phenoxy) is 1. The van der Waals surface area contributed by atoms with E-state index in [0.717, 1.165) is 36.8 Å². The van der Waals surface area contributed by atoms with Crippen molar-refractivity contribution in [3.63, 3.8) is 0 Å². The lowest BCUT2D eigenvalue weighted by atomic mass is 9.42. The number of rotatable bonds is 8. The number of carbonyl (C=O) groups is 1. The van der Waals surface area contributed by atoms with Crippen LogP contribution in [-0.4, -0.2) is 64.1 Å². The molecule has 6 rings (SSSR count). The van der Waals surface area contributed by atoms with Crippen molar-refractivity contribution in [2.24, 2.45) is 46.3 Å². The lowest BCUT2D eigenvalue weighted by Crippen LogP contribution is -2.65. The van der Waals surface area contributed by atoms with Gasteiger partial charge in [0, 0.05) is 43.0 Å². The molecule has 2 aromatic rings. The van der Waals surface area contributed by atoms with Crippen molar-refractivity contribution in [1.82, 2.24) is 4.72 Å². The number of carbonyl (C=O) groups excluding carboxylic acids is 1. The molecule has 4 aliphatic carbocycles. The van der Waals surface area contributed by atoms with Gasteiger partial charge < -0.3 is 19.8 Å².